The summed E-state index contributed by atoms with van der Waals surface area (Å²) in [6.07, 6.45) is 6.97. The Bertz CT molecular complexity index is 612. The van der Waals surface area contributed by atoms with Gasteiger partial charge < -0.3 is 9.47 Å². The van der Waals surface area contributed by atoms with Gasteiger partial charge in [0, 0.05) is 4.83 Å². The van der Waals surface area contributed by atoms with Gasteiger partial charge in [-0.15, -0.1) is 0 Å². The monoisotopic (exact) mass is 392 g/mol. The molecule has 0 heterocycles. The predicted octanol–water partition coefficient (Wildman–Crippen LogP) is 6.74. The highest BCUT2D eigenvalue weighted by atomic mass is 79.9. The van der Waals surface area contributed by atoms with Gasteiger partial charge in [0.25, 0.3) is 0 Å². The van der Waals surface area contributed by atoms with Crippen molar-refractivity contribution in [3.63, 3.8) is 0 Å². The van der Waals surface area contributed by atoms with Gasteiger partial charge in [-0.05, 0) is 67.1 Å². The highest BCUT2D eigenvalue weighted by Gasteiger charge is 2.02. The first kappa shape index (κ1) is 19.1. The van der Waals surface area contributed by atoms with Gasteiger partial charge in [0.1, 0.15) is 11.5 Å². The van der Waals surface area contributed by atoms with E-state index in [1.54, 1.807) is 0 Å². The lowest BCUT2D eigenvalue weighted by Gasteiger charge is -2.10. The molecule has 0 aliphatic carbocycles. The van der Waals surface area contributed by atoms with E-state index in [1.807, 2.05) is 6.07 Å². The van der Waals surface area contributed by atoms with Gasteiger partial charge in [-0.2, -0.15) is 0 Å². The number of hydrogen-bond acceptors (Lipinski definition) is 2. The Morgan fingerprint density at radius 2 is 1.42 bits per heavy atom. The third-order valence-corrected chi connectivity index (χ3v) is 5.28. The van der Waals surface area contributed by atoms with Crippen LogP contribution in [0.2, 0.25) is 0 Å². The summed E-state index contributed by atoms with van der Waals surface area (Å²) in [6, 6.07) is 12.5. The molecule has 2 aromatic rings. The van der Waals surface area contributed by atoms with Gasteiger partial charge in [0.2, 0.25) is 0 Å². The smallest absolute Gasteiger partial charge is 0.119 e. The van der Waals surface area contributed by atoms with Crippen molar-refractivity contribution < 1.29 is 9.47 Å². The van der Waals surface area contributed by atoms with Crippen molar-refractivity contribution in [3.05, 3.63) is 36.4 Å². The van der Waals surface area contributed by atoms with Crippen LogP contribution >= 0.6 is 15.9 Å². The number of ether oxygens (including phenoxy) is 2. The quantitative estimate of drug-likeness (QED) is 0.311. The average Bonchev–Trinajstić information content (AvgIpc) is 2.61. The molecular weight excluding hydrogens is 364 g/mol. The lowest BCUT2D eigenvalue weighted by molar-refractivity contribution is 0.305. The number of unbranched alkanes of at least 4 members (excludes halogenated alkanes) is 2. The molecule has 0 fully saturated rings. The Labute approximate surface area is 154 Å². The molecule has 2 aromatic carbocycles. The molecule has 0 amide bonds. The zero-order chi connectivity index (χ0) is 17.2. The van der Waals surface area contributed by atoms with E-state index in [9.17, 15) is 0 Å². The fourth-order valence-electron chi connectivity index (χ4n) is 2.58. The van der Waals surface area contributed by atoms with Crippen LogP contribution in [0, 0.1) is 0 Å². The number of rotatable bonds is 11. The zero-order valence-electron chi connectivity index (χ0n) is 14.9. The largest absolute Gasteiger partial charge is 0.494 e. The second-order valence-corrected chi connectivity index (χ2v) is 7.52. The lowest BCUT2D eigenvalue weighted by Crippen LogP contribution is -2.00. The molecule has 0 radical (unpaired) electrons. The molecule has 24 heavy (non-hydrogen) atoms. The van der Waals surface area contributed by atoms with Crippen LogP contribution in [0.25, 0.3) is 10.8 Å². The van der Waals surface area contributed by atoms with E-state index in [2.05, 4.69) is 60.1 Å². The molecule has 0 spiro atoms. The molecule has 1 atom stereocenters. The SMILES string of the molecule is CCCCOc1ccc2cc(OCCCCC(Br)CC)ccc2c1. The zero-order valence-corrected chi connectivity index (χ0v) is 16.5. The molecule has 3 heteroatoms. The van der Waals surface area contributed by atoms with Crippen LogP contribution in [-0.2, 0) is 0 Å². The van der Waals surface area contributed by atoms with E-state index in [1.165, 1.54) is 30.0 Å². The van der Waals surface area contributed by atoms with Crippen LogP contribution in [0.3, 0.4) is 0 Å². The summed E-state index contributed by atoms with van der Waals surface area (Å²) in [6.45, 7) is 5.96. The molecule has 2 rings (SSSR count). The van der Waals surface area contributed by atoms with Gasteiger partial charge >= 0.3 is 0 Å². The van der Waals surface area contributed by atoms with Gasteiger partial charge in [0.05, 0.1) is 13.2 Å². The Morgan fingerprint density at radius 1 is 0.833 bits per heavy atom. The highest BCUT2D eigenvalue weighted by molar-refractivity contribution is 9.09. The average molecular weight is 393 g/mol. The molecule has 0 N–H and O–H groups in total. The summed E-state index contributed by atoms with van der Waals surface area (Å²) in [7, 11) is 0. The van der Waals surface area contributed by atoms with Crippen LogP contribution in [0.15, 0.2) is 36.4 Å². The normalized spacial score (nSPS) is 12.3. The molecule has 1 unspecified atom stereocenters. The Balaban J connectivity index is 1.83. The summed E-state index contributed by atoms with van der Waals surface area (Å²) < 4.78 is 11.7. The Hall–Kier alpha value is -1.22. The molecule has 0 saturated carbocycles. The number of fused-ring (bicyclic) bond motifs is 1. The lowest BCUT2D eigenvalue weighted by atomic mass is 10.1. The predicted molar refractivity (Wildman–Crippen MR) is 107 cm³/mol. The minimum absolute atomic E-state index is 0.645. The first-order valence-corrected chi connectivity index (χ1v) is 10.1. The van der Waals surface area contributed by atoms with Crippen LogP contribution in [0.4, 0.5) is 0 Å². The third-order valence-electron chi connectivity index (χ3n) is 4.17. The minimum Gasteiger partial charge on any atom is -0.494 e. The van der Waals surface area contributed by atoms with Crippen molar-refractivity contribution in [2.24, 2.45) is 0 Å². The van der Waals surface area contributed by atoms with Crippen molar-refractivity contribution in [2.45, 2.75) is 57.2 Å². The van der Waals surface area contributed by atoms with E-state index < -0.39 is 0 Å². The van der Waals surface area contributed by atoms with Crippen molar-refractivity contribution in [1.82, 2.24) is 0 Å². The van der Waals surface area contributed by atoms with Crippen molar-refractivity contribution >= 4 is 26.7 Å². The van der Waals surface area contributed by atoms with E-state index in [4.69, 9.17) is 9.47 Å². The first-order valence-electron chi connectivity index (χ1n) is 9.16. The van der Waals surface area contributed by atoms with E-state index >= 15 is 0 Å². The maximum Gasteiger partial charge on any atom is 0.119 e. The maximum absolute atomic E-state index is 5.89. The van der Waals surface area contributed by atoms with Gasteiger partial charge in [-0.1, -0.05) is 48.3 Å². The third kappa shape index (κ3) is 6.35. The molecular formula is C21H29BrO2. The Kier molecular flexibility index (Phi) is 8.44. The molecule has 0 bridgehead atoms. The molecule has 0 saturated heterocycles. The topological polar surface area (TPSA) is 18.5 Å². The minimum atomic E-state index is 0.645. The summed E-state index contributed by atoms with van der Waals surface area (Å²) in [5.41, 5.74) is 0. The standard InChI is InChI=1S/C21H29BrO2/c1-3-5-13-23-20-11-9-18-16-21(12-10-17(18)15-20)24-14-7-6-8-19(22)4-2/h9-12,15-16,19H,3-8,13-14H2,1-2H3. The summed E-state index contributed by atoms with van der Waals surface area (Å²) in [5, 5.41) is 2.39. The fraction of sp³-hybridized carbons (Fsp3) is 0.524. The summed E-state index contributed by atoms with van der Waals surface area (Å²) in [4.78, 5) is 0.645. The number of halogens is 1. The molecule has 0 aromatic heterocycles. The second-order valence-electron chi connectivity index (χ2n) is 6.22. The van der Waals surface area contributed by atoms with Gasteiger partial charge in [-0.25, -0.2) is 0 Å². The number of hydrogen-bond donors (Lipinski definition) is 0. The van der Waals surface area contributed by atoms with Gasteiger partial charge in [0.15, 0.2) is 0 Å². The van der Waals surface area contributed by atoms with Crippen LogP contribution in [0.5, 0.6) is 11.5 Å². The van der Waals surface area contributed by atoms with Gasteiger partial charge in [-0.3, -0.25) is 0 Å². The molecule has 2 nitrogen and oxygen atoms in total. The summed E-state index contributed by atoms with van der Waals surface area (Å²) in [5.74, 6) is 1.90. The second kappa shape index (κ2) is 10.6. The molecule has 0 aliphatic rings. The van der Waals surface area contributed by atoms with Crippen molar-refractivity contribution in [2.75, 3.05) is 13.2 Å². The molecule has 0 aliphatic heterocycles. The molecule has 132 valence electrons. The highest BCUT2D eigenvalue weighted by Crippen LogP contribution is 2.25. The van der Waals surface area contributed by atoms with Crippen molar-refractivity contribution in [3.8, 4) is 11.5 Å². The fourth-order valence-corrected chi connectivity index (χ4v) is 2.90. The van der Waals surface area contributed by atoms with E-state index in [0.717, 1.165) is 44.0 Å². The maximum atomic E-state index is 5.89. The van der Waals surface area contributed by atoms with Crippen LogP contribution in [0.1, 0.15) is 52.4 Å². The van der Waals surface area contributed by atoms with E-state index in [-0.39, 0.29) is 0 Å². The summed E-state index contributed by atoms with van der Waals surface area (Å²) >= 11 is 3.68. The van der Waals surface area contributed by atoms with Crippen LogP contribution < -0.4 is 9.47 Å². The number of benzene rings is 2. The first-order chi connectivity index (χ1) is 11.7. The van der Waals surface area contributed by atoms with Crippen molar-refractivity contribution in [1.29, 1.82) is 0 Å². The van der Waals surface area contributed by atoms with Crippen LogP contribution in [-0.4, -0.2) is 18.0 Å². The number of alkyl halides is 1. The Morgan fingerprint density at radius 3 is 1.96 bits per heavy atom. The van der Waals surface area contributed by atoms with E-state index in [0.29, 0.717) is 4.83 Å².